The molecule has 0 heterocycles. The lowest BCUT2D eigenvalue weighted by Gasteiger charge is -2.28. The second kappa shape index (κ2) is 6.26. The van der Waals surface area contributed by atoms with Crippen LogP contribution in [-0.2, 0) is 0 Å². The van der Waals surface area contributed by atoms with Gasteiger partial charge in [0, 0.05) is 17.8 Å². The van der Waals surface area contributed by atoms with Crippen LogP contribution in [0, 0.1) is 11.6 Å². The lowest BCUT2D eigenvalue weighted by atomic mass is 9.99. The quantitative estimate of drug-likeness (QED) is 0.799. The Kier molecular flexibility index (Phi) is 4.62. The van der Waals surface area contributed by atoms with Gasteiger partial charge in [0.25, 0.3) is 0 Å². The summed E-state index contributed by atoms with van der Waals surface area (Å²) in [4.78, 5) is 11.9. The fraction of sp³-hybridized carbons (Fsp3) is 0.500. The van der Waals surface area contributed by atoms with Crippen molar-refractivity contribution < 1.29 is 23.4 Å². The van der Waals surface area contributed by atoms with Crippen molar-refractivity contribution in [2.24, 2.45) is 0 Å². The van der Waals surface area contributed by atoms with E-state index in [1.165, 1.54) is 0 Å². The van der Waals surface area contributed by atoms with Crippen molar-refractivity contribution in [1.82, 2.24) is 5.32 Å². The maximum absolute atomic E-state index is 13.5. The number of hydrogen-bond donors (Lipinski definition) is 3. The highest BCUT2D eigenvalue weighted by molar-refractivity contribution is 5.89. The predicted octanol–water partition coefficient (Wildman–Crippen LogP) is 2.40. The number of benzene rings is 1. The molecule has 0 aliphatic heterocycles. The van der Waals surface area contributed by atoms with E-state index in [0.29, 0.717) is 12.8 Å². The van der Waals surface area contributed by atoms with Gasteiger partial charge < -0.3 is 20.5 Å². The standard InChI is InChI=1S/C14H18F2N2O3/c1-21-12-10(15)6-9(7-11(12)16)17-13(20)18-14(8-19)4-2-3-5-14/h6-7,19H,2-5,8H2,1H3,(H2,17,18,20). The largest absolute Gasteiger partial charge is 0.491 e. The Hall–Kier alpha value is -1.89. The highest BCUT2D eigenvalue weighted by atomic mass is 19.1. The molecular weight excluding hydrogens is 282 g/mol. The van der Waals surface area contributed by atoms with Gasteiger partial charge in [0.1, 0.15) is 0 Å². The van der Waals surface area contributed by atoms with Crippen molar-refractivity contribution in [2.45, 2.75) is 31.2 Å². The molecule has 1 aromatic rings. The zero-order valence-electron chi connectivity index (χ0n) is 11.7. The van der Waals surface area contributed by atoms with E-state index in [1.54, 1.807) is 0 Å². The third kappa shape index (κ3) is 3.41. The van der Waals surface area contributed by atoms with Crippen LogP contribution >= 0.6 is 0 Å². The van der Waals surface area contributed by atoms with Crippen LogP contribution in [0.1, 0.15) is 25.7 Å². The molecule has 1 aliphatic carbocycles. The van der Waals surface area contributed by atoms with Crippen molar-refractivity contribution in [1.29, 1.82) is 0 Å². The SMILES string of the molecule is COc1c(F)cc(NC(=O)NC2(CO)CCCC2)cc1F. The monoisotopic (exact) mass is 300 g/mol. The first kappa shape index (κ1) is 15.5. The number of halogens is 2. The van der Waals surface area contributed by atoms with Crippen LogP contribution in [-0.4, -0.2) is 30.4 Å². The Labute approximate surface area is 121 Å². The maximum Gasteiger partial charge on any atom is 0.319 e. The fourth-order valence-electron chi connectivity index (χ4n) is 2.60. The van der Waals surface area contributed by atoms with E-state index in [2.05, 4.69) is 15.4 Å². The number of carbonyl (C=O) groups is 1. The number of anilines is 1. The fourth-order valence-corrected chi connectivity index (χ4v) is 2.60. The molecule has 0 bridgehead atoms. The van der Waals surface area contributed by atoms with Gasteiger partial charge >= 0.3 is 6.03 Å². The predicted molar refractivity (Wildman–Crippen MR) is 73.3 cm³/mol. The zero-order valence-corrected chi connectivity index (χ0v) is 11.7. The molecule has 1 aliphatic rings. The van der Waals surface area contributed by atoms with Gasteiger partial charge in [-0.15, -0.1) is 0 Å². The van der Waals surface area contributed by atoms with Gasteiger partial charge in [0.05, 0.1) is 19.3 Å². The lowest BCUT2D eigenvalue weighted by Crippen LogP contribution is -2.50. The van der Waals surface area contributed by atoms with E-state index in [-0.39, 0.29) is 12.3 Å². The van der Waals surface area contributed by atoms with Crippen molar-refractivity contribution >= 4 is 11.7 Å². The summed E-state index contributed by atoms with van der Waals surface area (Å²) in [5, 5.41) is 14.5. The Morgan fingerprint density at radius 3 is 2.38 bits per heavy atom. The smallest absolute Gasteiger partial charge is 0.319 e. The van der Waals surface area contributed by atoms with Crippen LogP contribution in [0.3, 0.4) is 0 Å². The van der Waals surface area contributed by atoms with Crippen LogP contribution in [0.15, 0.2) is 12.1 Å². The first-order chi connectivity index (χ1) is 9.99. The minimum Gasteiger partial charge on any atom is -0.491 e. The Morgan fingerprint density at radius 1 is 1.33 bits per heavy atom. The maximum atomic E-state index is 13.5. The van der Waals surface area contributed by atoms with Crippen molar-refractivity contribution in [3.8, 4) is 5.75 Å². The number of urea groups is 1. The van der Waals surface area contributed by atoms with Crippen LogP contribution in [0.5, 0.6) is 5.75 Å². The molecule has 2 rings (SSSR count). The number of rotatable bonds is 4. The zero-order chi connectivity index (χ0) is 15.5. The van der Waals surface area contributed by atoms with Crippen molar-refractivity contribution in [3.63, 3.8) is 0 Å². The number of aliphatic hydroxyl groups is 1. The number of ether oxygens (including phenoxy) is 1. The van der Waals surface area contributed by atoms with Gasteiger partial charge in [-0.1, -0.05) is 12.8 Å². The molecule has 116 valence electrons. The second-order valence-corrected chi connectivity index (χ2v) is 5.20. The van der Waals surface area contributed by atoms with Gasteiger partial charge in [0.15, 0.2) is 17.4 Å². The summed E-state index contributed by atoms with van der Waals surface area (Å²) < 4.78 is 31.6. The van der Waals surface area contributed by atoms with E-state index in [1.807, 2.05) is 0 Å². The summed E-state index contributed by atoms with van der Waals surface area (Å²) in [5.74, 6) is -2.29. The van der Waals surface area contributed by atoms with E-state index in [9.17, 15) is 18.7 Å². The Balaban J connectivity index is 2.06. The highest BCUT2D eigenvalue weighted by Crippen LogP contribution is 2.29. The molecule has 1 fully saturated rings. The van der Waals surface area contributed by atoms with E-state index < -0.39 is 29.0 Å². The van der Waals surface area contributed by atoms with E-state index in [0.717, 1.165) is 32.1 Å². The van der Waals surface area contributed by atoms with Crippen LogP contribution < -0.4 is 15.4 Å². The molecule has 0 saturated heterocycles. The molecule has 0 atom stereocenters. The minimum absolute atomic E-state index is 0.0191. The molecule has 5 nitrogen and oxygen atoms in total. The van der Waals surface area contributed by atoms with E-state index in [4.69, 9.17) is 0 Å². The molecule has 0 radical (unpaired) electrons. The average Bonchev–Trinajstić information content (AvgIpc) is 2.87. The minimum atomic E-state index is -0.898. The Morgan fingerprint density at radius 2 is 1.90 bits per heavy atom. The number of nitrogens with one attached hydrogen (secondary N) is 2. The molecule has 0 spiro atoms. The van der Waals surface area contributed by atoms with Gasteiger partial charge in [0.2, 0.25) is 0 Å². The van der Waals surface area contributed by atoms with Gasteiger partial charge in [-0.3, -0.25) is 0 Å². The summed E-state index contributed by atoms with van der Waals surface area (Å²) in [6.45, 7) is -0.161. The summed E-state index contributed by atoms with van der Waals surface area (Å²) in [6.07, 6.45) is 3.21. The summed E-state index contributed by atoms with van der Waals surface area (Å²) in [6, 6.07) is 1.35. The van der Waals surface area contributed by atoms with Gasteiger partial charge in [-0.25, -0.2) is 13.6 Å². The third-order valence-electron chi connectivity index (χ3n) is 3.70. The summed E-state index contributed by atoms with van der Waals surface area (Å²) in [5.41, 5.74) is -0.664. The number of amides is 2. The van der Waals surface area contributed by atoms with Crippen LogP contribution in [0.4, 0.5) is 19.3 Å². The third-order valence-corrected chi connectivity index (χ3v) is 3.70. The molecule has 2 amide bonds. The summed E-state index contributed by atoms with van der Waals surface area (Å²) in [7, 11) is 1.16. The van der Waals surface area contributed by atoms with Gasteiger partial charge in [-0.2, -0.15) is 0 Å². The first-order valence-electron chi connectivity index (χ1n) is 6.73. The molecule has 7 heteroatoms. The lowest BCUT2D eigenvalue weighted by molar-refractivity contribution is 0.167. The van der Waals surface area contributed by atoms with Crippen molar-refractivity contribution in [2.75, 3.05) is 19.0 Å². The Bertz CT molecular complexity index is 508. The number of carbonyl (C=O) groups excluding carboxylic acids is 1. The summed E-state index contributed by atoms with van der Waals surface area (Å²) >= 11 is 0. The molecule has 0 unspecified atom stereocenters. The van der Waals surface area contributed by atoms with Gasteiger partial charge in [-0.05, 0) is 12.8 Å². The highest BCUT2D eigenvalue weighted by Gasteiger charge is 2.34. The first-order valence-corrected chi connectivity index (χ1v) is 6.73. The number of hydrogen-bond acceptors (Lipinski definition) is 3. The number of aliphatic hydroxyl groups excluding tert-OH is 1. The molecule has 1 aromatic carbocycles. The molecule has 0 aromatic heterocycles. The average molecular weight is 300 g/mol. The number of methoxy groups -OCH3 is 1. The molecule has 3 N–H and O–H groups in total. The normalized spacial score (nSPS) is 16.6. The van der Waals surface area contributed by atoms with Crippen LogP contribution in [0.2, 0.25) is 0 Å². The van der Waals surface area contributed by atoms with Crippen molar-refractivity contribution in [3.05, 3.63) is 23.8 Å². The second-order valence-electron chi connectivity index (χ2n) is 5.20. The topological polar surface area (TPSA) is 70.6 Å². The van der Waals surface area contributed by atoms with E-state index >= 15 is 0 Å². The molecular formula is C14H18F2N2O3. The molecule has 1 saturated carbocycles. The molecule has 21 heavy (non-hydrogen) atoms. The van der Waals surface area contributed by atoms with Crippen LogP contribution in [0.25, 0.3) is 0 Å².